The van der Waals surface area contributed by atoms with Gasteiger partial charge in [0.2, 0.25) is 0 Å². The number of anilines is 2. The van der Waals surface area contributed by atoms with Crippen LogP contribution < -0.4 is 14.5 Å². The fraction of sp³-hybridized carbons (Fsp3) is 0.405. The zero-order chi connectivity index (χ0) is 31.6. The van der Waals surface area contributed by atoms with Crippen molar-refractivity contribution in [1.29, 1.82) is 0 Å². The van der Waals surface area contributed by atoms with Crippen LogP contribution in [0.2, 0.25) is 0 Å². The molecule has 0 aromatic heterocycles. The van der Waals surface area contributed by atoms with Gasteiger partial charge in [0.25, 0.3) is 11.8 Å². The smallest absolute Gasteiger partial charge is 0.363 e. The Morgan fingerprint density at radius 1 is 0.681 bits per heavy atom. The molecule has 7 heterocycles. The van der Waals surface area contributed by atoms with Gasteiger partial charge in [-0.1, -0.05) is 6.07 Å². The first-order valence-corrected chi connectivity index (χ1v) is 16.9. The van der Waals surface area contributed by atoms with Crippen LogP contribution in [0.4, 0.5) is 11.4 Å². The van der Waals surface area contributed by atoms with Crippen molar-refractivity contribution in [3.05, 3.63) is 80.4 Å². The number of nitrogens with zero attached hydrogens (tertiary/aromatic N) is 3. The van der Waals surface area contributed by atoms with Gasteiger partial charge in [0.1, 0.15) is 11.5 Å². The first-order valence-electron chi connectivity index (χ1n) is 16.9. The number of ether oxygens (including phenoxy) is 2. The third-order valence-electron chi connectivity index (χ3n) is 11.2. The summed E-state index contributed by atoms with van der Waals surface area (Å²) in [5.41, 5.74) is 8.86. The summed E-state index contributed by atoms with van der Waals surface area (Å²) in [6.07, 6.45) is 7.84. The standard InChI is InChI=1S/C37H33N3O7/c41-29-11-12-30(42)40(29)47-35(43)22-9-10-26-25(17-22)36(44)46-37(26)27-18-20-5-1-13-38-15-3-7-23(31(20)38)33(27)45-34-24-8-4-16-39-14-2-6-21(32(24)39)19-28(34)37/h9-10,17-19H,1-8,11-16H2. The van der Waals surface area contributed by atoms with Crippen LogP contribution in [0.3, 0.4) is 0 Å². The van der Waals surface area contributed by atoms with E-state index in [4.69, 9.17) is 14.3 Å². The van der Waals surface area contributed by atoms with Crippen molar-refractivity contribution < 1.29 is 33.5 Å². The van der Waals surface area contributed by atoms with Gasteiger partial charge in [-0.25, -0.2) is 9.59 Å². The number of imide groups is 1. The molecule has 0 bridgehead atoms. The number of hydrogen-bond donors (Lipinski definition) is 0. The average molecular weight is 632 g/mol. The lowest BCUT2D eigenvalue weighted by atomic mass is 9.72. The first-order chi connectivity index (χ1) is 22.9. The number of carbonyl (C=O) groups excluding carboxylic acids is 4. The zero-order valence-corrected chi connectivity index (χ0v) is 26.0. The van der Waals surface area contributed by atoms with E-state index in [1.54, 1.807) is 12.1 Å². The molecule has 1 saturated heterocycles. The van der Waals surface area contributed by atoms with E-state index in [1.807, 2.05) is 0 Å². The Balaban J connectivity index is 1.20. The Labute approximate surface area is 271 Å². The second-order valence-electron chi connectivity index (χ2n) is 13.8. The lowest BCUT2D eigenvalue weighted by molar-refractivity contribution is -0.172. The van der Waals surface area contributed by atoms with E-state index in [0.29, 0.717) is 10.6 Å². The summed E-state index contributed by atoms with van der Waals surface area (Å²) in [7, 11) is 0. The van der Waals surface area contributed by atoms with Gasteiger partial charge in [0, 0.05) is 78.2 Å². The number of benzene rings is 3. The van der Waals surface area contributed by atoms with Crippen LogP contribution in [0.25, 0.3) is 0 Å². The minimum Gasteiger partial charge on any atom is -0.456 e. The average Bonchev–Trinajstić information content (AvgIpc) is 3.57. The highest BCUT2D eigenvalue weighted by Crippen LogP contribution is 2.62. The Kier molecular flexibility index (Phi) is 5.56. The van der Waals surface area contributed by atoms with Crippen LogP contribution in [-0.4, -0.2) is 55.0 Å². The Hall–Kier alpha value is -4.86. The molecule has 1 spiro atoms. The molecule has 2 amide bonds. The molecule has 47 heavy (non-hydrogen) atoms. The summed E-state index contributed by atoms with van der Waals surface area (Å²) in [6.45, 7) is 4.11. The van der Waals surface area contributed by atoms with Crippen molar-refractivity contribution in [3.63, 3.8) is 0 Å². The number of fused-ring (bicyclic) bond motifs is 8. The molecule has 7 aliphatic heterocycles. The highest BCUT2D eigenvalue weighted by molar-refractivity contribution is 6.04. The topological polar surface area (TPSA) is 106 Å². The van der Waals surface area contributed by atoms with Crippen molar-refractivity contribution in [3.8, 4) is 11.5 Å². The second-order valence-corrected chi connectivity index (χ2v) is 13.8. The predicted octanol–water partition coefficient (Wildman–Crippen LogP) is 4.87. The van der Waals surface area contributed by atoms with Crippen LogP contribution >= 0.6 is 0 Å². The van der Waals surface area contributed by atoms with Crippen LogP contribution in [0, 0.1) is 0 Å². The largest absolute Gasteiger partial charge is 0.456 e. The normalized spacial score (nSPS) is 21.0. The molecular weight excluding hydrogens is 598 g/mol. The molecule has 3 aromatic rings. The van der Waals surface area contributed by atoms with E-state index in [1.165, 1.54) is 39.7 Å². The fourth-order valence-corrected chi connectivity index (χ4v) is 9.25. The molecule has 0 N–H and O–H groups in total. The molecule has 0 radical (unpaired) electrons. The third-order valence-corrected chi connectivity index (χ3v) is 11.2. The number of aryl methyl sites for hydroxylation is 2. The molecule has 0 atom stereocenters. The molecule has 7 aliphatic rings. The number of amides is 2. The highest BCUT2D eigenvalue weighted by atomic mass is 16.7. The first kappa shape index (κ1) is 27.3. The van der Waals surface area contributed by atoms with Gasteiger partial charge in [-0.05, 0) is 86.8 Å². The maximum Gasteiger partial charge on any atom is 0.363 e. The monoisotopic (exact) mass is 631 g/mol. The minimum atomic E-state index is -1.25. The van der Waals surface area contributed by atoms with Crippen molar-refractivity contribution in [2.24, 2.45) is 0 Å². The van der Waals surface area contributed by atoms with Crippen molar-refractivity contribution >= 4 is 35.1 Å². The van der Waals surface area contributed by atoms with E-state index in [0.717, 1.165) is 100 Å². The highest BCUT2D eigenvalue weighted by Gasteiger charge is 2.56. The quantitative estimate of drug-likeness (QED) is 0.289. The van der Waals surface area contributed by atoms with Crippen LogP contribution in [0.1, 0.15) is 98.2 Å². The van der Waals surface area contributed by atoms with E-state index in [-0.39, 0.29) is 24.0 Å². The van der Waals surface area contributed by atoms with Crippen LogP contribution in [0.5, 0.6) is 11.5 Å². The lowest BCUT2D eigenvalue weighted by Crippen LogP contribution is -2.40. The molecule has 0 unspecified atom stereocenters. The number of rotatable bonds is 2. The summed E-state index contributed by atoms with van der Waals surface area (Å²) in [4.78, 5) is 61.6. The Bertz CT molecular complexity index is 1900. The molecule has 1 fully saturated rings. The SMILES string of the molecule is O=C(ON1C(=O)CCC1=O)c1ccc2c(c1)C(=O)OC21c2cc3c4c(c2Oc2c1cc1c5c2CCCN5CCC1)CCCN4CCC3. The number of hydrogen-bond acceptors (Lipinski definition) is 9. The van der Waals surface area contributed by atoms with Gasteiger partial charge in [-0.2, -0.15) is 0 Å². The molecular formula is C37H33N3O7. The van der Waals surface area contributed by atoms with Crippen molar-refractivity contribution in [1.82, 2.24) is 5.06 Å². The number of carbonyl (C=O) groups is 4. The third kappa shape index (κ3) is 3.61. The summed E-state index contributed by atoms with van der Waals surface area (Å²) >= 11 is 0. The number of hydroxylamine groups is 2. The van der Waals surface area contributed by atoms with Crippen molar-refractivity contribution in [2.45, 2.75) is 69.8 Å². The maximum absolute atomic E-state index is 14.0. The summed E-state index contributed by atoms with van der Waals surface area (Å²) in [5.74, 6) is -0.952. The van der Waals surface area contributed by atoms with Crippen LogP contribution in [0.15, 0.2) is 30.3 Å². The molecule has 3 aromatic carbocycles. The van der Waals surface area contributed by atoms with Gasteiger partial charge in [0.15, 0.2) is 5.60 Å². The van der Waals surface area contributed by atoms with Gasteiger partial charge in [0.05, 0.1) is 11.1 Å². The zero-order valence-electron chi connectivity index (χ0n) is 26.0. The van der Waals surface area contributed by atoms with Gasteiger partial charge < -0.3 is 24.1 Å². The van der Waals surface area contributed by atoms with E-state index >= 15 is 0 Å². The van der Waals surface area contributed by atoms with Crippen LogP contribution in [-0.2, 0) is 50.4 Å². The van der Waals surface area contributed by atoms with Gasteiger partial charge >= 0.3 is 11.9 Å². The summed E-state index contributed by atoms with van der Waals surface area (Å²) < 4.78 is 13.8. The lowest BCUT2D eigenvalue weighted by Gasteiger charge is -2.45. The summed E-state index contributed by atoms with van der Waals surface area (Å²) in [6, 6.07) is 9.27. The molecule has 238 valence electrons. The number of esters is 1. The van der Waals surface area contributed by atoms with E-state index in [2.05, 4.69) is 21.9 Å². The van der Waals surface area contributed by atoms with Gasteiger partial charge in [-0.15, -0.1) is 5.06 Å². The Morgan fingerprint density at radius 2 is 1.23 bits per heavy atom. The molecule has 10 heteroatoms. The molecule has 0 aliphatic carbocycles. The van der Waals surface area contributed by atoms with Gasteiger partial charge in [-0.3, -0.25) is 9.59 Å². The second kappa shape index (κ2) is 9.59. The minimum absolute atomic E-state index is 0.00105. The molecule has 10 rings (SSSR count). The molecule has 0 saturated carbocycles. The van der Waals surface area contributed by atoms with E-state index in [9.17, 15) is 19.2 Å². The maximum atomic E-state index is 14.0. The van der Waals surface area contributed by atoms with Crippen molar-refractivity contribution in [2.75, 3.05) is 36.0 Å². The summed E-state index contributed by atoms with van der Waals surface area (Å²) in [5, 5.41) is 0.524. The molecule has 10 nitrogen and oxygen atoms in total. The predicted molar refractivity (Wildman–Crippen MR) is 169 cm³/mol. The Morgan fingerprint density at radius 3 is 1.81 bits per heavy atom. The van der Waals surface area contributed by atoms with E-state index < -0.39 is 29.4 Å². The fourth-order valence-electron chi connectivity index (χ4n) is 9.25.